The molecule has 0 spiro atoms. The first-order valence-corrected chi connectivity index (χ1v) is 10.1. The van der Waals surface area contributed by atoms with Crippen molar-refractivity contribution in [3.05, 3.63) is 71.8 Å². The molecule has 0 aliphatic rings. The lowest BCUT2D eigenvalue weighted by Gasteiger charge is -2.25. The van der Waals surface area contributed by atoms with Gasteiger partial charge in [-0.05, 0) is 17.5 Å². The molecule has 0 aromatic heterocycles. The number of rotatable bonds is 12. The lowest BCUT2D eigenvalue weighted by atomic mass is 9.78. The fraction of sp³-hybridized carbons (Fsp3) is 0.458. The second kappa shape index (κ2) is 11.5. The fourth-order valence-corrected chi connectivity index (χ4v) is 3.73. The van der Waals surface area contributed by atoms with Gasteiger partial charge in [0, 0.05) is 5.92 Å². The minimum Gasteiger partial charge on any atom is -0.481 e. The Bertz CT molecular complexity index is 582. The number of carbonyl (C=O) groups is 1. The zero-order chi connectivity index (χ0) is 18.6. The van der Waals surface area contributed by atoms with Crippen LogP contribution in [0.25, 0.3) is 0 Å². The van der Waals surface area contributed by atoms with E-state index >= 15 is 0 Å². The zero-order valence-electron chi connectivity index (χ0n) is 15.9. The summed E-state index contributed by atoms with van der Waals surface area (Å²) in [6, 6.07) is 20.2. The van der Waals surface area contributed by atoms with Crippen molar-refractivity contribution in [1.29, 1.82) is 0 Å². The molecule has 0 saturated heterocycles. The van der Waals surface area contributed by atoms with Crippen molar-refractivity contribution in [2.24, 2.45) is 5.92 Å². The van der Waals surface area contributed by atoms with Gasteiger partial charge in [-0.2, -0.15) is 0 Å². The second-order valence-corrected chi connectivity index (χ2v) is 7.15. The van der Waals surface area contributed by atoms with E-state index in [1.807, 2.05) is 36.4 Å². The molecule has 26 heavy (non-hydrogen) atoms. The quantitative estimate of drug-likeness (QED) is 0.434. The Morgan fingerprint density at radius 3 is 1.69 bits per heavy atom. The summed E-state index contributed by atoms with van der Waals surface area (Å²) in [6.07, 6.45) is 9.20. The monoisotopic (exact) mass is 352 g/mol. The molecule has 1 atom stereocenters. The number of aliphatic carboxylic acids is 1. The van der Waals surface area contributed by atoms with Gasteiger partial charge in [0.1, 0.15) is 0 Å². The third-order valence-corrected chi connectivity index (χ3v) is 5.16. The number of carboxylic acid groups (broad SMARTS) is 1. The molecule has 0 saturated carbocycles. The Morgan fingerprint density at radius 2 is 1.23 bits per heavy atom. The number of carboxylic acids is 1. The normalized spacial score (nSPS) is 12.2. The van der Waals surface area contributed by atoms with Crippen LogP contribution in [0.4, 0.5) is 0 Å². The van der Waals surface area contributed by atoms with Gasteiger partial charge in [-0.15, -0.1) is 0 Å². The smallest absolute Gasteiger partial charge is 0.307 e. The molecule has 1 N–H and O–H groups in total. The summed E-state index contributed by atoms with van der Waals surface area (Å²) in [5.41, 5.74) is 2.18. The van der Waals surface area contributed by atoms with Gasteiger partial charge in [-0.25, -0.2) is 0 Å². The number of unbranched alkanes of at least 4 members (excludes halogenated alkanes) is 6. The standard InChI is InChI=1S/C24H32O2/c1-2-3-4-5-6-7-14-19-22(24(25)26)23(20-15-10-8-11-16-20)21-17-12-9-13-18-21/h8-13,15-18,22-23H,2-7,14,19H2,1H3,(H,25,26). The molecule has 0 bridgehead atoms. The maximum absolute atomic E-state index is 12.1. The summed E-state index contributed by atoms with van der Waals surface area (Å²) in [5, 5.41) is 9.94. The van der Waals surface area contributed by atoms with Crippen LogP contribution < -0.4 is 0 Å². The molecule has 2 nitrogen and oxygen atoms in total. The lowest BCUT2D eigenvalue weighted by Crippen LogP contribution is -2.23. The Hall–Kier alpha value is -2.09. The van der Waals surface area contributed by atoms with Crippen LogP contribution in [0.3, 0.4) is 0 Å². The van der Waals surface area contributed by atoms with Crippen molar-refractivity contribution >= 4 is 5.97 Å². The fourth-order valence-electron chi connectivity index (χ4n) is 3.73. The molecular formula is C24H32O2. The third kappa shape index (κ3) is 6.33. The molecule has 0 fully saturated rings. The van der Waals surface area contributed by atoms with E-state index in [1.165, 1.54) is 32.1 Å². The van der Waals surface area contributed by atoms with E-state index < -0.39 is 5.97 Å². The van der Waals surface area contributed by atoms with Crippen molar-refractivity contribution in [2.75, 3.05) is 0 Å². The minimum atomic E-state index is -0.686. The van der Waals surface area contributed by atoms with Gasteiger partial charge in [0.25, 0.3) is 0 Å². The number of hydrogen-bond donors (Lipinski definition) is 1. The number of hydrogen-bond acceptors (Lipinski definition) is 1. The van der Waals surface area contributed by atoms with Crippen molar-refractivity contribution in [3.8, 4) is 0 Å². The van der Waals surface area contributed by atoms with Crippen LogP contribution in [0, 0.1) is 5.92 Å². The van der Waals surface area contributed by atoms with E-state index in [0.717, 1.165) is 30.4 Å². The maximum Gasteiger partial charge on any atom is 0.307 e. The van der Waals surface area contributed by atoms with Gasteiger partial charge in [-0.1, -0.05) is 113 Å². The van der Waals surface area contributed by atoms with Crippen molar-refractivity contribution in [1.82, 2.24) is 0 Å². The molecular weight excluding hydrogens is 320 g/mol. The molecule has 140 valence electrons. The van der Waals surface area contributed by atoms with Crippen LogP contribution in [0.5, 0.6) is 0 Å². The molecule has 2 rings (SSSR count). The second-order valence-electron chi connectivity index (χ2n) is 7.15. The first kappa shape index (κ1) is 20.2. The van der Waals surface area contributed by atoms with Crippen LogP contribution in [0.15, 0.2) is 60.7 Å². The molecule has 0 amide bonds. The Morgan fingerprint density at radius 1 is 0.769 bits per heavy atom. The third-order valence-electron chi connectivity index (χ3n) is 5.16. The summed E-state index contributed by atoms with van der Waals surface area (Å²) >= 11 is 0. The Balaban J connectivity index is 2.06. The highest BCUT2D eigenvalue weighted by Gasteiger charge is 2.30. The number of benzene rings is 2. The highest BCUT2D eigenvalue weighted by atomic mass is 16.4. The summed E-state index contributed by atoms with van der Waals surface area (Å²) < 4.78 is 0. The van der Waals surface area contributed by atoms with Gasteiger partial charge >= 0.3 is 5.97 Å². The van der Waals surface area contributed by atoms with Crippen molar-refractivity contribution in [2.45, 2.75) is 64.2 Å². The van der Waals surface area contributed by atoms with Gasteiger partial charge in [-0.3, -0.25) is 4.79 Å². The Kier molecular flexibility index (Phi) is 8.95. The topological polar surface area (TPSA) is 37.3 Å². The lowest BCUT2D eigenvalue weighted by molar-refractivity contribution is -0.142. The summed E-state index contributed by atoms with van der Waals surface area (Å²) in [7, 11) is 0. The van der Waals surface area contributed by atoms with E-state index in [4.69, 9.17) is 0 Å². The van der Waals surface area contributed by atoms with E-state index in [-0.39, 0.29) is 11.8 Å². The first-order valence-electron chi connectivity index (χ1n) is 10.1. The predicted octanol–water partition coefficient (Wildman–Crippen LogP) is 6.66. The van der Waals surface area contributed by atoms with Crippen LogP contribution in [-0.4, -0.2) is 11.1 Å². The molecule has 0 heterocycles. The molecule has 0 radical (unpaired) electrons. The van der Waals surface area contributed by atoms with Crippen LogP contribution in [0.2, 0.25) is 0 Å². The summed E-state index contributed by atoms with van der Waals surface area (Å²) in [5.74, 6) is -1.15. The molecule has 2 heteroatoms. The van der Waals surface area contributed by atoms with Crippen LogP contribution in [-0.2, 0) is 4.79 Å². The largest absolute Gasteiger partial charge is 0.481 e. The Labute approximate surface area is 158 Å². The molecule has 2 aromatic carbocycles. The molecule has 2 aromatic rings. The van der Waals surface area contributed by atoms with E-state index in [9.17, 15) is 9.90 Å². The predicted molar refractivity (Wildman–Crippen MR) is 108 cm³/mol. The van der Waals surface area contributed by atoms with Crippen molar-refractivity contribution < 1.29 is 9.90 Å². The average molecular weight is 353 g/mol. The van der Waals surface area contributed by atoms with Gasteiger partial charge in [0.05, 0.1) is 5.92 Å². The summed E-state index contributed by atoms with van der Waals surface area (Å²) in [4.78, 5) is 12.1. The van der Waals surface area contributed by atoms with E-state index in [1.54, 1.807) is 0 Å². The van der Waals surface area contributed by atoms with Gasteiger partial charge in [0.2, 0.25) is 0 Å². The highest BCUT2D eigenvalue weighted by molar-refractivity contribution is 5.72. The molecule has 0 aliphatic carbocycles. The molecule has 0 aliphatic heterocycles. The van der Waals surface area contributed by atoms with Crippen LogP contribution >= 0.6 is 0 Å². The highest BCUT2D eigenvalue weighted by Crippen LogP contribution is 2.35. The zero-order valence-corrected chi connectivity index (χ0v) is 15.9. The maximum atomic E-state index is 12.1. The van der Waals surface area contributed by atoms with Gasteiger partial charge in [0.15, 0.2) is 0 Å². The van der Waals surface area contributed by atoms with Crippen molar-refractivity contribution in [3.63, 3.8) is 0 Å². The van der Waals surface area contributed by atoms with Crippen LogP contribution in [0.1, 0.15) is 75.3 Å². The average Bonchev–Trinajstić information content (AvgIpc) is 2.67. The van der Waals surface area contributed by atoms with E-state index in [0.29, 0.717) is 0 Å². The molecule has 1 unspecified atom stereocenters. The first-order chi connectivity index (χ1) is 12.7. The van der Waals surface area contributed by atoms with Gasteiger partial charge < -0.3 is 5.11 Å². The summed E-state index contributed by atoms with van der Waals surface area (Å²) in [6.45, 7) is 2.23. The van der Waals surface area contributed by atoms with E-state index in [2.05, 4.69) is 31.2 Å². The SMILES string of the molecule is CCCCCCCCCC(C(=O)O)C(c1ccccc1)c1ccccc1. The minimum absolute atomic E-state index is 0.0880.